The first-order valence-corrected chi connectivity index (χ1v) is 16.0. The third-order valence-corrected chi connectivity index (χ3v) is 8.87. The van der Waals surface area contributed by atoms with Crippen LogP contribution in [0.15, 0.2) is 146 Å². The number of hydrogen-bond donors (Lipinski definition) is 0. The largest absolute Gasteiger partial charge is 0.311 e. The van der Waals surface area contributed by atoms with Crippen LogP contribution in [0.4, 0.5) is 17.1 Å². The molecule has 0 aliphatic heterocycles. The van der Waals surface area contributed by atoms with Gasteiger partial charge in [0.2, 0.25) is 0 Å². The molecule has 0 aliphatic carbocycles. The van der Waals surface area contributed by atoms with Gasteiger partial charge in [-0.3, -0.25) is 0 Å². The van der Waals surface area contributed by atoms with Gasteiger partial charge in [0.15, 0.2) is 0 Å². The summed E-state index contributed by atoms with van der Waals surface area (Å²) in [5.74, 6) is 0. The Bertz CT molecular complexity index is 2550. The summed E-state index contributed by atoms with van der Waals surface area (Å²) in [6.45, 7) is 0. The standard InChI is InChI=1S/C45H24N6/c46-25-30-1-2-38-22-35(4-3-34(38)21-30)31-9-15-43(16-10-31)51(44-17-11-32(12-18-44)36-5-7-39(26-47)41(23-36)28-49)45-19-13-33(14-20-45)37-6-8-40(27-48)42(24-37)29-50/h1-24H. The predicted octanol–water partition coefficient (Wildman–Crippen LogP) is 10.7. The van der Waals surface area contributed by atoms with Gasteiger partial charge in [0.25, 0.3) is 0 Å². The molecule has 7 aromatic carbocycles. The Labute approximate surface area is 295 Å². The van der Waals surface area contributed by atoms with Crippen molar-refractivity contribution in [3.63, 3.8) is 0 Å². The third-order valence-electron chi connectivity index (χ3n) is 8.87. The summed E-state index contributed by atoms with van der Waals surface area (Å²) in [6.07, 6.45) is 0. The van der Waals surface area contributed by atoms with Gasteiger partial charge in [-0.05, 0) is 123 Å². The predicted molar refractivity (Wildman–Crippen MR) is 199 cm³/mol. The molecule has 0 aliphatic rings. The molecule has 0 heterocycles. The maximum Gasteiger partial charge on any atom is 0.101 e. The molecular weight excluding hydrogens is 625 g/mol. The van der Waals surface area contributed by atoms with Crippen LogP contribution in [0, 0.1) is 56.7 Å². The summed E-state index contributed by atoms with van der Waals surface area (Å²) >= 11 is 0. The van der Waals surface area contributed by atoms with E-state index >= 15 is 0 Å². The molecule has 234 valence electrons. The van der Waals surface area contributed by atoms with Crippen LogP contribution >= 0.6 is 0 Å². The Hall–Kier alpha value is -7.95. The normalized spacial score (nSPS) is 10.3. The van der Waals surface area contributed by atoms with Gasteiger partial charge < -0.3 is 4.90 Å². The molecule has 0 bridgehead atoms. The lowest BCUT2D eigenvalue weighted by molar-refractivity contribution is 1.28. The van der Waals surface area contributed by atoms with E-state index in [1.807, 2.05) is 84.9 Å². The minimum Gasteiger partial charge on any atom is -0.311 e. The van der Waals surface area contributed by atoms with Crippen molar-refractivity contribution in [2.75, 3.05) is 4.90 Å². The number of hydrogen-bond acceptors (Lipinski definition) is 6. The zero-order chi connectivity index (χ0) is 35.3. The van der Waals surface area contributed by atoms with Gasteiger partial charge in [0.05, 0.1) is 33.9 Å². The molecular formula is C45H24N6. The molecule has 6 heteroatoms. The number of rotatable bonds is 6. The van der Waals surface area contributed by atoms with E-state index in [0.717, 1.165) is 61.2 Å². The van der Waals surface area contributed by atoms with E-state index in [4.69, 9.17) is 0 Å². The van der Waals surface area contributed by atoms with Crippen LogP contribution in [-0.2, 0) is 0 Å². The van der Waals surface area contributed by atoms with E-state index in [2.05, 4.69) is 71.6 Å². The van der Waals surface area contributed by atoms with Gasteiger partial charge in [0.1, 0.15) is 24.3 Å². The maximum absolute atomic E-state index is 9.54. The fraction of sp³-hybridized carbons (Fsp3) is 0. The molecule has 0 spiro atoms. The molecule has 7 aromatic rings. The van der Waals surface area contributed by atoms with E-state index in [1.165, 1.54) is 0 Å². The van der Waals surface area contributed by atoms with E-state index < -0.39 is 0 Å². The summed E-state index contributed by atoms with van der Waals surface area (Å²) in [7, 11) is 0. The minimum atomic E-state index is 0.336. The molecule has 0 radical (unpaired) electrons. The van der Waals surface area contributed by atoms with Crippen molar-refractivity contribution in [3.05, 3.63) is 173 Å². The van der Waals surface area contributed by atoms with Crippen molar-refractivity contribution in [3.8, 4) is 63.7 Å². The second-order valence-corrected chi connectivity index (χ2v) is 11.8. The molecule has 51 heavy (non-hydrogen) atoms. The van der Waals surface area contributed by atoms with E-state index in [9.17, 15) is 26.3 Å². The number of fused-ring (bicyclic) bond motifs is 1. The number of benzene rings is 7. The van der Waals surface area contributed by atoms with Crippen LogP contribution in [0.3, 0.4) is 0 Å². The highest BCUT2D eigenvalue weighted by molar-refractivity contribution is 5.89. The van der Waals surface area contributed by atoms with Crippen molar-refractivity contribution < 1.29 is 0 Å². The summed E-state index contributed by atoms with van der Waals surface area (Å²) in [5.41, 5.74) is 10.4. The van der Waals surface area contributed by atoms with Gasteiger partial charge in [-0.25, -0.2) is 0 Å². The lowest BCUT2D eigenvalue weighted by atomic mass is 9.98. The van der Waals surface area contributed by atoms with Gasteiger partial charge in [-0.15, -0.1) is 0 Å². The highest BCUT2D eigenvalue weighted by Crippen LogP contribution is 2.38. The Kier molecular flexibility index (Phi) is 8.47. The summed E-state index contributed by atoms with van der Waals surface area (Å²) in [4.78, 5) is 2.15. The second kappa shape index (κ2) is 13.6. The highest BCUT2D eigenvalue weighted by Gasteiger charge is 2.15. The smallest absolute Gasteiger partial charge is 0.101 e. The quantitative estimate of drug-likeness (QED) is 0.177. The molecule has 0 unspecified atom stereocenters. The van der Waals surface area contributed by atoms with Crippen molar-refractivity contribution in [1.29, 1.82) is 26.3 Å². The molecule has 0 aromatic heterocycles. The molecule has 7 rings (SSSR count). The topological polar surface area (TPSA) is 122 Å². The molecule has 0 amide bonds. The van der Waals surface area contributed by atoms with Crippen LogP contribution in [-0.4, -0.2) is 0 Å². The monoisotopic (exact) mass is 648 g/mol. The van der Waals surface area contributed by atoms with Gasteiger partial charge in [0, 0.05) is 17.1 Å². The van der Waals surface area contributed by atoms with Gasteiger partial charge in [-0.1, -0.05) is 66.7 Å². The van der Waals surface area contributed by atoms with E-state index in [1.54, 1.807) is 24.3 Å². The van der Waals surface area contributed by atoms with Crippen molar-refractivity contribution in [2.24, 2.45) is 0 Å². The number of nitriles is 5. The van der Waals surface area contributed by atoms with Crippen LogP contribution < -0.4 is 4.90 Å². The lowest BCUT2D eigenvalue weighted by Crippen LogP contribution is -2.09. The zero-order valence-corrected chi connectivity index (χ0v) is 27.0. The SMILES string of the molecule is N#Cc1ccc2cc(-c3ccc(N(c4ccc(-c5ccc(C#N)c(C#N)c5)cc4)c4ccc(-c5ccc(C#N)c(C#N)c5)cc4)cc3)ccc2c1. The van der Waals surface area contributed by atoms with E-state index in [0.29, 0.717) is 27.8 Å². The van der Waals surface area contributed by atoms with Crippen molar-refractivity contribution >= 4 is 27.8 Å². The Morgan fingerprint density at radius 2 is 0.647 bits per heavy atom. The van der Waals surface area contributed by atoms with Crippen LogP contribution in [0.5, 0.6) is 0 Å². The van der Waals surface area contributed by atoms with Gasteiger partial charge in [-0.2, -0.15) is 26.3 Å². The van der Waals surface area contributed by atoms with Crippen molar-refractivity contribution in [1.82, 2.24) is 0 Å². The summed E-state index contributed by atoms with van der Waals surface area (Å²) in [6, 6.07) is 57.5. The van der Waals surface area contributed by atoms with Gasteiger partial charge >= 0.3 is 0 Å². The molecule has 0 saturated heterocycles. The lowest BCUT2D eigenvalue weighted by Gasteiger charge is -2.26. The third kappa shape index (κ3) is 6.23. The van der Waals surface area contributed by atoms with Crippen LogP contribution in [0.25, 0.3) is 44.2 Å². The van der Waals surface area contributed by atoms with Crippen LogP contribution in [0.2, 0.25) is 0 Å². The fourth-order valence-corrected chi connectivity index (χ4v) is 6.18. The average molecular weight is 649 g/mol. The Morgan fingerprint density at radius 1 is 0.294 bits per heavy atom. The average Bonchev–Trinajstić information content (AvgIpc) is 3.20. The van der Waals surface area contributed by atoms with E-state index in [-0.39, 0.29) is 0 Å². The summed E-state index contributed by atoms with van der Waals surface area (Å²) < 4.78 is 0. The fourth-order valence-electron chi connectivity index (χ4n) is 6.18. The summed E-state index contributed by atoms with van der Waals surface area (Å²) in [5, 5.41) is 49.1. The highest BCUT2D eigenvalue weighted by atomic mass is 15.1. The Morgan fingerprint density at radius 3 is 1.06 bits per heavy atom. The Balaban J connectivity index is 1.26. The molecule has 0 atom stereocenters. The first-order chi connectivity index (χ1) is 25.0. The molecule has 0 fully saturated rings. The first-order valence-electron chi connectivity index (χ1n) is 16.0. The molecule has 6 nitrogen and oxygen atoms in total. The zero-order valence-electron chi connectivity index (χ0n) is 27.0. The maximum atomic E-state index is 9.54. The number of anilines is 3. The van der Waals surface area contributed by atoms with Crippen molar-refractivity contribution in [2.45, 2.75) is 0 Å². The second-order valence-electron chi connectivity index (χ2n) is 11.8. The molecule has 0 N–H and O–H groups in total. The first kappa shape index (κ1) is 31.6. The van der Waals surface area contributed by atoms with Crippen LogP contribution in [0.1, 0.15) is 27.8 Å². The number of nitrogens with zero attached hydrogens (tertiary/aromatic N) is 6. The molecule has 0 saturated carbocycles. The minimum absolute atomic E-state index is 0.336.